The molecule has 0 aromatic carbocycles. The van der Waals surface area contributed by atoms with Crippen LogP contribution in [0.3, 0.4) is 0 Å². The van der Waals surface area contributed by atoms with Gasteiger partial charge < -0.3 is 130 Å². The van der Waals surface area contributed by atoms with Gasteiger partial charge in [0.25, 0.3) is 0 Å². The fourth-order valence-electron chi connectivity index (χ4n) is 7.24. The monoisotopic (exact) mass is 910 g/mol. The molecule has 360 valence electrons. The predicted molar refractivity (Wildman–Crippen MR) is 191 cm³/mol. The van der Waals surface area contributed by atoms with E-state index in [-0.39, 0.29) is 6.29 Å². The number of carbonyl (C=O) groups is 3. The highest BCUT2D eigenvalue weighted by Gasteiger charge is 2.54. The van der Waals surface area contributed by atoms with Crippen LogP contribution in [-0.4, -0.2) is 275 Å². The fraction of sp³-hybridized carbons (Fsp3) is 0.912. The standard InChI is InChI=1S/C34H58N2O26/c1-9(42)35-17-24(51)20(47)13(4-38)56-31(17)61-29-26(53)22(49)15(6-40)58-33(29)55-8-12(45)19(46)28(11(44)3-37)60-34-30(27(54)23(50)16(7-41)59-34)62-32-18(36-10(2)43)25(52)21(48)14(5-39)57-32/h3,11-34,38-41,44-54H,4-8H2,1-2H3,(H,35,42)(H,36,43). The van der Waals surface area contributed by atoms with Crippen LogP contribution >= 0.6 is 0 Å². The van der Waals surface area contributed by atoms with Crippen LogP contribution in [0.2, 0.25) is 0 Å². The van der Waals surface area contributed by atoms with Crippen molar-refractivity contribution in [1.82, 2.24) is 10.6 Å². The second kappa shape index (κ2) is 23.2. The van der Waals surface area contributed by atoms with Gasteiger partial charge >= 0.3 is 0 Å². The highest BCUT2D eigenvalue weighted by Crippen LogP contribution is 2.33. The maximum atomic E-state index is 12.0. The lowest BCUT2D eigenvalue weighted by molar-refractivity contribution is -0.368. The van der Waals surface area contributed by atoms with E-state index in [0.29, 0.717) is 0 Å². The molecule has 0 radical (unpaired) electrons. The van der Waals surface area contributed by atoms with Gasteiger partial charge in [-0.1, -0.05) is 0 Å². The third kappa shape index (κ3) is 11.9. The summed E-state index contributed by atoms with van der Waals surface area (Å²) in [7, 11) is 0. The molecule has 0 bridgehead atoms. The number of rotatable bonds is 19. The topological polar surface area (TPSA) is 453 Å². The normalized spacial score (nSPS) is 43.5. The molecule has 0 spiro atoms. The molecule has 4 fully saturated rings. The van der Waals surface area contributed by atoms with Crippen LogP contribution in [0.5, 0.6) is 0 Å². The van der Waals surface area contributed by atoms with Crippen molar-refractivity contribution < 1.29 is 129 Å². The van der Waals surface area contributed by atoms with E-state index in [9.17, 15) is 91.0 Å². The molecule has 4 aliphatic heterocycles. The van der Waals surface area contributed by atoms with Gasteiger partial charge in [-0.3, -0.25) is 9.59 Å². The summed E-state index contributed by atoms with van der Waals surface area (Å²) in [6.07, 6.45) is -42.7. The Morgan fingerprint density at radius 2 is 0.919 bits per heavy atom. The molecule has 24 atom stereocenters. The van der Waals surface area contributed by atoms with Crippen molar-refractivity contribution in [2.45, 2.75) is 161 Å². The van der Waals surface area contributed by atoms with Gasteiger partial charge in [0.05, 0.1) is 33.0 Å². The van der Waals surface area contributed by atoms with Crippen LogP contribution in [0.15, 0.2) is 0 Å². The van der Waals surface area contributed by atoms with Gasteiger partial charge in [-0.15, -0.1) is 0 Å². The number of nitrogens with one attached hydrogen (secondary N) is 2. The third-order valence-electron chi connectivity index (χ3n) is 10.7. The number of carbonyl (C=O) groups excluding carboxylic acids is 3. The van der Waals surface area contributed by atoms with Crippen molar-refractivity contribution in [2.75, 3.05) is 33.0 Å². The number of amides is 2. The molecule has 62 heavy (non-hydrogen) atoms. The average Bonchev–Trinajstić information content (AvgIpc) is 3.24. The lowest BCUT2D eigenvalue weighted by Crippen LogP contribution is -2.68. The number of hydrogen-bond acceptors (Lipinski definition) is 26. The summed E-state index contributed by atoms with van der Waals surface area (Å²) in [5, 5.41) is 162. The zero-order valence-corrected chi connectivity index (χ0v) is 33.2. The van der Waals surface area contributed by atoms with E-state index in [1.807, 2.05) is 0 Å². The minimum absolute atomic E-state index is 0.159. The lowest BCUT2D eigenvalue weighted by Gasteiger charge is -2.48. The summed E-state index contributed by atoms with van der Waals surface area (Å²) in [5.41, 5.74) is 0. The minimum atomic E-state index is -2.41. The fourth-order valence-corrected chi connectivity index (χ4v) is 7.24. The molecule has 4 heterocycles. The lowest BCUT2D eigenvalue weighted by atomic mass is 9.95. The molecule has 28 nitrogen and oxygen atoms in total. The van der Waals surface area contributed by atoms with Crippen molar-refractivity contribution in [3.05, 3.63) is 0 Å². The predicted octanol–water partition coefficient (Wildman–Crippen LogP) is -11.8. The van der Waals surface area contributed by atoms with E-state index < -0.39 is 192 Å². The Labute approximate surface area is 351 Å². The summed E-state index contributed by atoms with van der Waals surface area (Å²) in [5.74, 6) is -1.52. The highest BCUT2D eigenvalue weighted by molar-refractivity contribution is 5.73. The van der Waals surface area contributed by atoms with Crippen molar-refractivity contribution in [3.63, 3.8) is 0 Å². The highest BCUT2D eigenvalue weighted by atomic mass is 16.8. The van der Waals surface area contributed by atoms with Gasteiger partial charge in [0.2, 0.25) is 11.8 Å². The van der Waals surface area contributed by atoms with Crippen molar-refractivity contribution in [2.24, 2.45) is 0 Å². The quantitative estimate of drug-likeness (QED) is 0.0535. The summed E-state index contributed by atoms with van der Waals surface area (Å²) in [4.78, 5) is 35.8. The van der Waals surface area contributed by atoms with E-state index in [4.69, 9.17) is 37.9 Å². The summed E-state index contributed by atoms with van der Waals surface area (Å²) >= 11 is 0. The largest absolute Gasteiger partial charge is 0.394 e. The molecule has 4 rings (SSSR count). The van der Waals surface area contributed by atoms with Crippen molar-refractivity contribution in [3.8, 4) is 0 Å². The smallest absolute Gasteiger partial charge is 0.217 e. The number of aliphatic hydroxyl groups is 15. The molecule has 0 aromatic rings. The molecule has 28 heteroatoms. The zero-order chi connectivity index (χ0) is 46.3. The van der Waals surface area contributed by atoms with Gasteiger partial charge in [-0.2, -0.15) is 0 Å². The Balaban J connectivity index is 1.58. The Bertz CT molecular complexity index is 1420. The van der Waals surface area contributed by atoms with E-state index in [2.05, 4.69) is 10.6 Å². The van der Waals surface area contributed by atoms with Crippen LogP contribution in [-0.2, 0) is 52.3 Å². The number of hydrogen-bond donors (Lipinski definition) is 17. The molecule has 2 amide bonds. The van der Waals surface area contributed by atoms with Crippen molar-refractivity contribution in [1.29, 1.82) is 0 Å². The Morgan fingerprint density at radius 3 is 1.29 bits per heavy atom. The maximum absolute atomic E-state index is 12.0. The first-order valence-corrected chi connectivity index (χ1v) is 19.4. The number of aldehydes is 1. The van der Waals surface area contributed by atoms with Crippen LogP contribution < -0.4 is 10.6 Å². The van der Waals surface area contributed by atoms with Crippen LogP contribution in [0.25, 0.3) is 0 Å². The Kier molecular flexibility index (Phi) is 19.6. The van der Waals surface area contributed by atoms with Crippen LogP contribution in [0.1, 0.15) is 13.8 Å². The number of ether oxygens (including phenoxy) is 8. The molecule has 0 aromatic heterocycles. The first-order chi connectivity index (χ1) is 29.2. The Hall–Kier alpha value is -2.31. The van der Waals surface area contributed by atoms with Crippen LogP contribution in [0, 0.1) is 0 Å². The van der Waals surface area contributed by atoms with Crippen molar-refractivity contribution >= 4 is 18.1 Å². The van der Waals surface area contributed by atoms with Gasteiger partial charge in [0.1, 0.15) is 122 Å². The third-order valence-corrected chi connectivity index (χ3v) is 10.7. The molecule has 4 aliphatic rings. The zero-order valence-electron chi connectivity index (χ0n) is 33.2. The van der Waals surface area contributed by atoms with E-state index in [1.54, 1.807) is 0 Å². The van der Waals surface area contributed by atoms with Crippen LogP contribution in [0.4, 0.5) is 0 Å². The Morgan fingerprint density at radius 1 is 0.565 bits per heavy atom. The minimum Gasteiger partial charge on any atom is -0.394 e. The molecule has 4 saturated heterocycles. The second-order valence-corrected chi connectivity index (χ2v) is 15.1. The van der Waals surface area contributed by atoms with Gasteiger partial charge in [0, 0.05) is 13.8 Å². The maximum Gasteiger partial charge on any atom is 0.217 e. The van der Waals surface area contributed by atoms with E-state index >= 15 is 0 Å². The SMILES string of the molecule is CC(=O)NC1C(OC2C(OCC(O)C(O)C(OC3OC(CO)C(O)C(O)C3OC3OC(CO)C(O)C(O)C3NC(C)=O)C(O)C=O)OC(CO)C(O)C2O)OC(CO)C(O)C1O. The molecule has 24 unspecified atom stereocenters. The molecular formula is C34H58N2O26. The molecule has 0 aliphatic carbocycles. The molecule has 0 saturated carbocycles. The van der Waals surface area contributed by atoms with E-state index in [1.165, 1.54) is 0 Å². The second-order valence-electron chi connectivity index (χ2n) is 15.1. The molecular weight excluding hydrogens is 852 g/mol. The first kappa shape index (κ1) is 52.3. The first-order valence-electron chi connectivity index (χ1n) is 19.4. The van der Waals surface area contributed by atoms with Gasteiger partial charge in [0.15, 0.2) is 31.4 Å². The summed E-state index contributed by atoms with van der Waals surface area (Å²) < 4.78 is 44.8. The molecule has 17 N–H and O–H groups in total. The average molecular weight is 911 g/mol. The summed E-state index contributed by atoms with van der Waals surface area (Å²) in [6.45, 7) is -2.71. The van der Waals surface area contributed by atoms with E-state index in [0.717, 1.165) is 13.8 Å². The van der Waals surface area contributed by atoms with Gasteiger partial charge in [-0.05, 0) is 0 Å². The van der Waals surface area contributed by atoms with Gasteiger partial charge in [-0.25, -0.2) is 0 Å². The summed E-state index contributed by atoms with van der Waals surface area (Å²) in [6, 6.07) is -3.20. The number of aliphatic hydroxyl groups excluding tert-OH is 15.